The SMILES string of the molecule is Cc1cc(-n2c(C)cc(C(=O)NC(c3nc4ccccc4[nH]3)C(C)C)c2C)no1. The first-order chi connectivity index (χ1) is 13.8. The summed E-state index contributed by atoms with van der Waals surface area (Å²) in [5, 5.41) is 7.24. The smallest absolute Gasteiger partial charge is 0.253 e. The van der Waals surface area contributed by atoms with Crippen molar-refractivity contribution in [1.29, 1.82) is 0 Å². The minimum atomic E-state index is -0.229. The van der Waals surface area contributed by atoms with Crippen molar-refractivity contribution in [1.82, 2.24) is 25.0 Å². The van der Waals surface area contributed by atoms with Gasteiger partial charge in [-0.1, -0.05) is 31.1 Å². The van der Waals surface area contributed by atoms with Crippen LogP contribution in [0.5, 0.6) is 0 Å². The number of nitrogens with zero attached hydrogens (tertiary/aromatic N) is 3. The fraction of sp³-hybridized carbons (Fsp3) is 0.318. The minimum Gasteiger partial charge on any atom is -0.360 e. The molecule has 0 bridgehead atoms. The Balaban J connectivity index is 1.65. The molecule has 0 spiro atoms. The number of H-pyrrole nitrogens is 1. The number of rotatable bonds is 5. The maximum Gasteiger partial charge on any atom is 0.253 e. The van der Waals surface area contributed by atoms with Gasteiger partial charge in [-0.25, -0.2) is 4.98 Å². The second-order valence-corrected chi connectivity index (χ2v) is 7.75. The molecule has 3 aromatic heterocycles. The molecule has 4 aromatic rings. The van der Waals surface area contributed by atoms with Crippen LogP contribution < -0.4 is 5.32 Å². The summed E-state index contributed by atoms with van der Waals surface area (Å²) >= 11 is 0. The van der Waals surface area contributed by atoms with Gasteiger partial charge in [-0.3, -0.25) is 9.36 Å². The highest BCUT2D eigenvalue weighted by Crippen LogP contribution is 2.25. The highest BCUT2D eigenvalue weighted by atomic mass is 16.5. The third-order valence-electron chi connectivity index (χ3n) is 5.18. The molecule has 1 aromatic carbocycles. The lowest BCUT2D eigenvalue weighted by Gasteiger charge is -2.20. The number of nitrogens with one attached hydrogen (secondary N) is 2. The molecule has 1 atom stereocenters. The van der Waals surface area contributed by atoms with E-state index < -0.39 is 0 Å². The second-order valence-electron chi connectivity index (χ2n) is 7.75. The Kier molecular flexibility index (Phi) is 4.74. The zero-order chi connectivity index (χ0) is 20.7. The first-order valence-electron chi connectivity index (χ1n) is 9.73. The van der Waals surface area contributed by atoms with Crippen LogP contribution in [0, 0.1) is 26.7 Å². The number of carbonyl (C=O) groups excluding carboxylic acids is 1. The van der Waals surface area contributed by atoms with Crippen LogP contribution >= 0.6 is 0 Å². The number of amides is 1. The van der Waals surface area contributed by atoms with Crippen molar-refractivity contribution in [3.05, 3.63) is 64.9 Å². The van der Waals surface area contributed by atoms with E-state index in [2.05, 4.69) is 34.3 Å². The minimum absolute atomic E-state index is 0.135. The van der Waals surface area contributed by atoms with Crippen molar-refractivity contribution in [3.8, 4) is 5.82 Å². The standard InChI is InChI=1S/C22H25N5O2/c1-12(2)20(21-23-17-8-6-7-9-18(17)24-21)25-22(28)16-10-13(3)27(15(16)5)19-11-14(4)29-26-19/h6-12,20H,1-5H3,(H,23,24)(H,25,28). The molecule has 3 heterocycles. The molecule has 7 heteroatoms. The number of hydrogen-bond acceptors (Lipinski definition) is 4. The second kappa shape index (κ2) is 7.24. The van der Waals surface area contributed by atoms with Gasteiger partial charge in [0.05, 0.1) is 22.6 Å². The van der Waals surface area contributed by atoms with Crippen LogP contribution in [0.2, 0.25) is 0 Å². The van der Waals surface area contributed by atoms with Crippen molar-refractivity contribution in [3.63, 3.8) is 0 Å². The number of benzene rings is 1. The molecule has 0 saturated carbocycles. The summed E-state index contributed by atoms with van der Waals surface area (Å²) in [6.07, 6.45) is 0. The Morgan fingerprint density at radius 1 is 1.17 bits per heavy atom. The molecule has 150 valence electrons. The molecule has 0 aliphatic heterocycles. The molecule has 1 amide bonds. The van der Waals surface area contributed by atoms with E-state index in [0.29, 0.717) is 11.4 Å². The Labute approximate surface area is 169 Å². The topological polar surface area (TPSA) is 88.7 Å². The maximum atomic E-state index is 13.2. The summed E-state index contributed by atoms with van der Waals surface area (Å²) < 4.78 is 7.13. The molecule has 0 saturated heterocycles. The van der Waals surface area contributed by atoms with Crippen molar-refractivity contribution >= 4 is 16.9 Å². The summed E-state index contributed by atoms with van der Waals surface area (Å²) in [6.45, 7) is 9.85. The highest BCUT2D eigenvalue weighted by Gasteiger charge is 2.25. The van der Waals surface area contributed by atoms with E-state index in [9.17, 15) is 4.79 Å². The highest BCUT2D eigenvalue weighted by molar-refractivity contribution is 5.96. The Morgan fingerprint density at radius 2 is 1.93 bits per heavy atom. The average molecular weight is 391 g/mol. The van der Waals surface area contributed by atoms with Crippen molar-refractivity contribution in [2.24, 2.45) is 5.92 Å². The van der Waals surface area contributed by atoms with Crippen LogP contribution in [-0.4, -0.2) is 25.6 Å². The van der Waals surface area contributed by atoms with E-state index in [1.807, 2.05) is 61.7 Å². The number of imidazole rings is 1. The van der Waals surface area contributed by atoms with Crippen LogP contribution in [0.15, 0.2) is 40.9 Å². The molecule has 0 radical (unpaired) electrons. The zero-order valence-electron chi connectivity index (χ0n) is 17.3. The monoisotopic (exact) mass is 391 g/mol. The third kappa shape index (κ3) is 3.44. The lowest BCUT2D eigenvalue weighted by molar-refractivity contribution is 0.0922. The van der Waals surface area contributed by atoms with Crippen LogP contribution in [-0.2, 0) is 0 Å². The third-order valence-corrected chi connectivity index (χ3v) is 5.18. The average Bonchev–Trinajstić information content (AvgIpc) is 3.36. The van der Waals surface area contributed by atoms with Gasteiger partial charge in [-0.15, -0.1) is 0 Å². The molecule has 2 N–H and O–H groups in total. The Hall–Kier alpha value is -3.35. The predicted molar refractivity (Wildman–Crippen MR) is 111 cm³/mol. The number of hydrogen-bond donors (Lipinski definition) is 2. The van der Waals surface area contributed by atoms with E-state index >= 15 is 0 Å². The summed E-state index contributed by atoms with van der Waals surface area (Å²) in [6, 6.07) is 11.4. The molecular formula is C22H25N5O2. The van der Waals surface area contributed by atoms with E-state index in [1.165, 1.54) is 0 Å². The summed E-state index contributed by atoms with van der Waals surface area (Å²) in [5.74, 6) is 2.19. The Morgan fingerprint density at radius 3 is 2.59 bits per heavy atom. The summed E-state index contributed by atoms with van der Waals surface area (Å²) in [7, 11) is 0. The molecule has 4 rings (SSSR count). The molecule has 0 fully saturated rings. The Bertz CT molecular complexity index is 1150. The van der Waals surface area contributed by atoms with Crippen molar-refractivity contribution < 1.29 is 9.32 Å². The van der Waals surface area contributed by atoms with E-state index in [1.54, 1.807) is 0 Å². The maximum absolute atomic E-state index is 13.2. The number of carbonyl (C=O) groups is 1. The van der Waals surface area contributed by atoms with Crippen molar-refractivity contribution in [2.75, 3.05) is 0 Å². The number of aryl methyl sites for hydroxylation is 2. The largest absolute Gasteiger partial charge is 0.360 e. The molecule has 7 nitrogen and oxygen atoms in total. The lowest BCUT2D eigenvalue weighted by atomic mass is 10.0. The van der Waals surface area contributed by atoms with Gasteiger partial charge in [0.2, 0.25) is 0 Å². The lowest BCUT2D eigenvalue weighted by Crippen LogP contribution is -2.32. The van der Waals surface area contributed by atoms with E-state index in [4.69, 9.17) is 4.52 Å². The quantitative estimate of drug-likeness (QED) is 0.528. The molecular weight excluding hydrogens is 366 g/mol. The first kappa shape index (κ1) is 19.0. The van der Waals surface area contributed by atoms with Crippen LogP contribution in [0.3, 0.4) is 0 Å². The molecule has 0 aliphatic carbocycles. The summed E-state index contributed by atoms with van der Waals surface area (Å²) in [4.78, 5) is 21.2. The van der Waals surface area contributed by atoms with Gasteiger partial charge in [0.25, 0.3) is 5.91 Å². The van der Waals surface area contributed by atoms with E-state index in [-0.39, 0.29) is 17.9 Å². The summed E-state index contributed by atoms with van der Waals surface area (Å²) in [5.41, 5.74) is 4.21. The van der Waals surface area contributed by atoms with Gasteiger partial charge in [0, 0.05) is 17.5 Å². The molecule has 29 heavy (non-hydrogen) atoms. The normalized spacial score (nSPS) is 12.6. The predicted octanol–water partition coefficient (Wildman–Crippen LogP) is 4.39. The van der Waals surface area contributed by atoms with Gasteiger partial charge < -0.3 is 14.8 Å². The fourth-order valence-electron chi connectivity index (χ4n) is 3.69. The van der Waals surface area contributed by atoms with Crippen LogP contribution in [0.1, 0.15) is 53.2 Å². The molecule has 0 aliphatic rings. The van der Waals surface area contributed by atoms with Gasteiger partial charge in [-0.2, -0.15) is 0 Å². The van der Waals surface area contributed by atoms with Gasteiger partial charge in [0.1, 0.15) is 11.6 Å². The number of fused-ring (bicyclic) bond motifs is 1. The van der Waals surface area contributed by atoms with Gasteiger partial charge >= 0.3 is 0 Å². The van der Waals surface area contributed by atoms with Crippen LogP contribution in [0.4, 0.5) is 0 Å². The van der Waals surface area contributed by atoms with E-state index in [0.717, 1.165) is 34.0 Å². The number of aromatic nitrogens is 4. The van der Waals surface area contributed by atoms with Crippen molar-refractivity contribution in [2.45, 2.75) is 40.7 Å². The molecule has 1 unspecified atom stereocenters. The zero-order valence-corrected chi connectivity index (χ0v) is 17.3. The van der Waals surface area contributed by atoms with Gasteiger partial charge in [0.15, 0.2) is 5.82 Å². The first-order valence-corrected chi connectivity index (χ1v) is 9.73. The number of aromatic amines is 1. The van der Waals surface area contributed by atoms with Crippen LogP contribution in [0.25, 0.3) is 16.9 Å². The van der Waals surface area contributed by atoms with Gasteiger partial charge in [-0.05, 0) is 44.9 Å². The fourth-order valence-corrected chi connectivity index (χ4v) is 3.69. The number of para-hydroxylation sites is 2.